The first kappa shape index (κ1) is 50.0. The number of furan rings is 2. The molecule has 0 bridgehead atoms. The molecule has 0 saturated carbocycles. The van der Waals surface area contributed by atoms with Crippen LogP contribution in [0.25, 0.3) is 167 Å². The first-order valence-electron chi connectivity index (χ1n) is 28.6. The van der Waals surface area contributed by atoms with Crippen molar-refractivity contribution >= 4 is 43.9 Å². The third kappa shape index (κ3) is 9.43. The molecular formula is C78H48N6O2. The Hall–Kier alpha value is -11.7. The fourth-order valence-corrected chi connectivity index (χ4v) is 11.7. The van der Waals surface area contributed by atoms with E-state index in [-0.39, 0.29) is 0 Å². The Bertz CT molecular complexity index is 5200. The minimum atomic E-state index is 0.614. The molecule has 16 rings (SSSR count). The van der Waals surface area contributed by atoms with Gasteiger partial charge in [0.2, 0.25) is 0 Å². The number of hydrogen-bond acceptors (Lipinski definition) is 8. The number of nitrogens with zero attached hydrogens (tertiary/aromatic N) is 6. The summed E-state index contributed by atoms with van der Waals surface area (Å²) < 4.78 is 12.3. The second-order valence-corrected chi connectivity index (χ2v) is 21.5. The molecule has 0 fully saturated rings. The van der Waals surface area contributed by atoms with Crippen LogP contribution in [0.1, 0.15) is 0 Å². The van der Waals surface area contributed by atoms with Crippen LogP contribution in [0.2, 0.25) is 0 Å². The molecular weight excluding hydrogens is 1050 g/mol. The number of pyridine rings is 2. The zero-order chi connectivity index (χ0) is 56.9. The van der Waals surface area contributed by atoms with Crippen LogP contribution in [0.15, 0.2) is 301 Å². The molecule has 86 heavy (non-hydrogen) atoms. The molecule has 6 aromatic heterocycles. The summed E-state index contributed by atoms with van der Waals surface area (Å²) in [5, 5.41) is 4.41. The van der Waals surface area contributed by atoms with Crippen molar-refractivity contribution < 1.29 is 8.83 Å². The topological polar surface area (TPSA) is 104 Å². The highest BCUT2D eigenvalue weighted by Crippen LogP contribution is 2.40. The van der Waals surface area contributed by atoms with Crippen LogP contribution in [-0.2, 0) is 0 Å². The number of benzene rings is 10. The van der Waals surface area contributed by atoms with Gasteiger partial charge in [0.1, 0.15) is 22.3 Å². The molecule has 16 aromatic rings. The largest absolute Gasteiger partial charge is 0.456 e. The molecule has 0 aliphatic carbocycles. The van der Waals surface area contributed by atoms with E-state index in [4.69, 9.17) is 28.8 Å². The van der Waals surface area contributed by atoms with Gasteiger partial charge < -0.3 is 8.83 Å². The van der Waals surface area contributed by atoms with Gasteiger partial charge in [-0.3, -0.25) is 9.97 Å². The van der Waals surface area contributed by atoms with E-state index in [1.165, 1.54) is 0 Å². The van der Waals surface area contributed by atoms with Crippen LogP contribution in [0.3, 0.4) is 0 Å². The summed E-state index contributed by atoms with van der Waals surface area (Å²) >= 11 is 0. The van der Waals surface area contributed by atoms with Crippen LogP contribution in [0.5, 0.6) is 0 Å². The molecule has 0 aliphatic rings. The third-order valence-electron chi connectivity index (χ3n) is 16.2. The molecule has 0 N–H and O–H groups in total. The van der Waals surface area contributed by atoms with Crippen molar-refractivity contribution in [1.82, 2.24) is 29.9 Å². The fraction of sp³-hybridized carbons (Fsp3) is 0. The quantitative estimate of drug-likeness (QED) is 0.126. The monoisotopic (exact) mass is 1100 g/mol. The lowest BCUT2D eigenvalue weighted by molar-refractivity contribution is 0.668. The van der Waals surface area contributed by atoms with E-state index in [2.05, 4.69) is 210 Å². The maximum absolute atomic E-state index is 6.15. The molecule has 0 radical (unpaired) electrons. The Balaban J connectivity index is 0.767. The average Bonchev–Trinajstić information content (AvgIpc) is 2.27. The first-order valence-corrected chi connectivity index (χ1v) is 28.6. The van der Waals surface area contributed by atoms with Gasteiger partial charge in [-0.05, 0) is 141 Å². The highest BCUT2D eigenvalue weighted by atomic mass is 16.3. The number of aromatic nitrogens is 6. The van der Waals surface area contributed by atoms with Gasteiger partial charge in [0, 0.05) is 79.7 Å². The summed E-state index contributed by atoms with van der Waals surface area (Å²) in [4.78, 5) is 30.0. The standard InChI is InChI=1S/C78H48N6O2/c1-2-9-54(10-3-1)69-47-72(57-27-21-51(22-28-57)61-31-34-76-67(45-61)65-14-5-7-16-74(65)86-76)84-78(83-69)68-46-59(29-32-63(68)53-37-41-80-42-38-53)49-17-23-55(24-18-49)70-48-71(82-77(81-70)62-12-8-11-58(43-62)52-35-39-79-40-36-52)56-25-19-50(20-26-56)60-30-33-75-66(44-60)64-13-4-6-15-73(64)85-75/h1-48H. The lowest BCUT2D eigenvalue weighted by Crippen LogP contribution is -1.98. The minimum absolute atomic E-state index is 0.614. The Morgan fingerprint density at radius 3 is 1.08 bits per heavy atom. The molecule has 0 spiro atoms. The van der Waals surface area contributed by atoms with E-state index < -0.39 is 0 Å². The van der Waals surface area contributed by atoms with Crippen molar-refractivity contribution in [1.29, 1.82) is 0 Å². The van der Waals surface area contributed by atoms with Crippen molar-refractivity contribution in [2.45, 2.75) is 0 Å². The van der Waals surface area contributed by atoms with Crippen LogP contribution in [0.4, 0.5) is 0 Å². The lowest BCUT2D eigenvalue weighted by atomic mass is 9.94. The fourth-order valence-electron chi connectivity index (χ4n) is 11.7. The molecule has 0 unspecified atom stereocenters. The van der Waals surface area contributed by atoms with Crippen LogP contribution >= 0.6 is 0 Å². The van der Waals surface area contributed by atoms with Crippen LogP contribution in [0, 0.1) is 0 Å². The van der Waals surface area contributed by atoms with Crippen molar-refractivity contribution in [3.63, 3.8) is 0 Å². The summed E-state index contributed by atoms with van der Waals surface area (Å²) in [5.74, 6) is 1.24. The summed E-state index contributed by atoms with van der Waals surface area (Å²) in [6, 6.07) is 92.7. The summed E-state index contributed by atoms with van der Waals surface area (Å²) in [6.07, 6.45) is 7.29. The predicted octanol–water partition coefficient (Wildman–Crippen LogP) is 20.2. The Kier molecular flexibility index (Phi) is 12.3. The van der Waals surface area contributed by atoms with Gasteiger partial charge in [0.05, 0.1) is 22.8 Å². The Morgan fingerprint density at radius 1 is 0.198 bits per heavy atom. The van der Waals surface area contributed by atoms with E-state index in [0.717, 1.165) is 156 Å². The van der Waals surface area contributed by atoms with E-state index in [0.29, 0.717) is 11.6 Å². The highest BCUT2D eigenvalue weighted by molar-refractivity contribution is 6.07. The van der Waals surface area contributed by atoms with Crippen molar-refractivity contribution in [2.24, 2.45) is 0 Å². The maximum atomic E-state index is 6.15. The van der Waals surface area contributed by atoms with E-state index >= 15 is 0 Å². The number of hydrogen-bond donors (Lipinski definition) is 0. The SMILES string of the molecule is c1ccc(-c2cc(-c3ccc(-c4ccc5oc6ccccc6c5c4)cc3)nc(-c3cc(-c4ccc(-c5cc(-c6ccc(-c7ccc8oc9ccccc9c8c7)cc6)nc(-c6cccc(-c7ccncc7)c6)n5)cc4)ccc3-c3ccncc3)n2)cc1. The molecule has 6 heterocycles. The van der Waals surface area contributed by atoms with Gasteiger partial charge in [0.15, 0.2) is 11.6 Å². The minimum Gasteiger partial charge on any atom is -0.456 e. The molecule has 0 aliphatic heterocycles. The molecule has 402 valence electrons. The van der Waals surface area contributed by atoms with Gasteiger partial charge in [-0.1, -0.05) is 182 Å². The molecule has 0 amide bonds. The van der Waals surface area contributed by atoms with Crippen molar-refractivity contribution in [3.05, 3.63) is 292 Å². The summed E-state index contributed by atoms with van der Waals surface area (Å²) in [6.45, 7) is 0. The molecule has 8 nitrogen and oxygen atoms in total. The lowest BCUT2D eigenvalue weighted by Gasteiger charge is -2.15. The summed E-state index contributed by atoms with van der Waals surface area (Å²) in [7, 11) is 0. The maximum Gasteiger partial charge on any atom is 0.161 e. The molecule has 10 aromatic carbocycles. The van der Waals surface area contributed by atoms with Crippen LogP contribution < -0.4 is 0 Å². The Labute approximate surface area is 495 Å². The zero-order valence-electron chi connectivity index (χ0n) is 46.2. The first-order chi connectivity index (χ1) is 42.5. The van der Waals surface area contributed by atoms with Gasteiger partial charge in [-0.25, -0.2) is 19.9 Å². The second kappa shape index (κ2) is 21.2. The van der Waals surface area contributed by atoms with E-state index in [9.17, 15) is 0 Å². The average molecular weight is 1100 g/mol. The number of rotatable bonds is 11. The van der Waals surface area contributed by atoms with Crippen LogP contribution in [-0.4, -0.2) is 29.9 Å². The van der Waals surface area contributed by atoms with E-state index in [1.54, 1.807) is 0 Å². The number of para-hydroxylation sites is 2. The van der Waals surface area contributed by atoms with Crippen molar-refractivity contribution in [3.8, 4) is 123 Å². The normalized spacial score (nSPS) is 11.5. The van der Waals surface area contributed by atoms with Gasteiger partial charge in [-0.15, -0.1) is 0 Å². The summed E-state index contributed by atoms with van der Waals surface area (Å²) in [5.41, 5.74) is 23.1. The molecule has 0 atom stereocenters. The Morgan fingerprint density at radius 2 is 0.558 bits per heavy atom. The van der Waals surface area contributed by atoms with E-state index in [1.807, 2.05) is 91.5 Å². The van der Waals surface area contributed by atoms with Gasteiger partial charge in [-0.2, -0.15) is 0 Å². The third-order valence-corrected chi connectivity index (χ3v) is 16.2. The van der Waals surface area contributed by atoms with Gasteiger partial charge >= 0.3 is 0 Å². The molecule has 0 saturated heterocycles. The zero-order valence-corrected chi connectivity index (χ0v) is 46.2. The van der Waals surface area contributed by atoms with Gasteiger partial charge in [0.25, 0.3) is 0 Å². The highest BCUT2D eigenvalue weighted by Gasteiger charge is 2.19. The molecule has 8 heteroatoms. The second-order valence-electron chi connectivity index (χ2n) is 21.5. The van der Waals surface area contributed by atoms with Crippen molar-refractivity contribution in [2.75, 3.05) is 0 Å². The predicted molar refractivity (Wildman–Crippen MR) is 348 cm³/mol. The number of fused-ring (bicyclic) bond motifs is 6. The smallest absolute Gasteiger partial charge is 0.161 e.